The van der Waals surface area contributed by atoms with E-state index in [2.05, 4.69) is 24.0 Å². The Morgan fingerprint density at radius 3 is 2.53 bits per heavy atom. The summed E-state index contributed by atoms with van der Waals surface area (Å²) in [5, 5.41) is 0. The molecule has 3 heteroatoms. The van der Waals surface area contributed by atoms with E-state index in [1.807, 2.05) is 12.1 Å². The first-order valence-corrected chi connectivity index (χ1v) is 5.13. The number of anilines is 1. The molecular formula is C12H15NO2. The van der Waals surface area contributed by atoms with Gasteiger partial charge in [-0.3, -0.25) is 0 Å². The third-order valence-corrected chi connectivity index (χ3v) is 2.86. The van der Waals surface area contributed by atoms with Crippen LogP contribution >= 0.6 is 0 Å². The summed E-state index contributed by atoms with van der Waals surface area (Å²) in [4.78, 5) is 13.5. The number of carbonyl (C=O) groups is 1. The van der Waals surface area contributed by atoms with Crippen LogP contribution in [-0.2, 0) is 9.53 Å². The molecule has 3 nitrogen and oxygen atoms in total. The van der Waals surface area contributed by atoms with E-state index < -0.39 is 0 Å². The average Bonchev–Trinajstić information content (AvgIpc) is 2.19. The van der Waals surface area contributed by atoms with Crippen LogP contribution in [0.2, 0.25) is 0 Å². The SMILES string of the molecule is COC(=O)C1CCN1c1ccc(C)cc1. The number of benzene rings is 1. The zero-order valence-corrected chi connectivity index (χ0v) is 9.06. The highest BCUT2D eigenvalue weighted by atomic mass is 16.5. The molecule has 2 rings (SSSR count). The molecule has 0 saturated carbocycles. The molecule has 15 heavy (non-hydrogen) atoms. The molecule has 0 bridgehead atoms. The van der Waals surface area contributed by atoms with Gasteiger partial charge in [0.05, 0.1) is 7.11 Å². The second-order valence-electron chi connectivity index (χ2n) is 3.86. The Balaban J connectivity index is 2.12. The first-order valence-electron chi connectivity index (χ1n) is 5.13. The Hall–Kier alpha value is -1.51. The predicted octanol–water partition coefficient (Wildman–Crippen LogP) is 1.75. The molecule has 1 heterocycles. The minimum atomic E-state index is -0.137. The fourth-order valence-electron chi connectivity index (χ4n) is 1.81. The molecule has 0 amide bonds. The number of esters is 1. The molecular weight excluding hydrogens is 190 g/mol. The van der Waals surface area contributed by atoms with E-state index in [4.69, 9.17) is 4.74 Å². The maximum atomic E-state index is 11.4. The number of hydrogen-bond donors (Lipinski definition) is 0. The molecule has 1 aromatic rings. The standard InChI is InChI=1S/C12H15NO2/c1-9-3-5-10(6-4-9)13-8-7-11(13)12(14)15-2/h3-6,11H,7-8H2,1-2H3. The summed E-state index contributed by atoms with van der Waals surface area (Å²) in [6.45, 7) is 2.99. The Labute approximate surface area is 89.7 Å². The van der Waals surface area contributed by atoms with Crippen LogP contribution in [0.4, 0.5) is 5.69 Å². The second-order valence-corrected chi connectivity index (χ2v) is 3.86. The van der Waals surface area contributed by atoms with Gasteiger partial charge in [0.2, 0.25) is 0 Å². The van der Waals surface area contributed by atoms with Gasteiger partial charge in [0, 0.05) is 12.2 Å². The average molecular weight is 205 g/mol. The molecule has 0 N–H and O–H groups in total. The lowest BCUT2D eigenvalue weighted by Crippen LogP contribution is -2.53. The lowest BCUT2D eigenvalue weighted by Gasteiger charge is -2.40. The van der Waals surface area contributed by atoms with Crippen molar-refractivity contribution in [1.29, 1.82) is 0 Å². The van der Waals surface area contributed by atoms with Gasteiger partial charge in [-0.25, -0.2) is 4.79 Å². The first-order chi connectivity index (χ1) is 7.22. The summed E-state index contributed by atoms with van der Waals surface area (Å²) in [5.41, 5.74) is 2.33. The van der Waals surface area contributed by atoms with Crippen molar-refractivity contribution in [3.63, 3.8) is 0 Å². The molecule has 0 radical (unpaired) electrons. The highest BCUT2D eigenvalue weighted by molar-refractivity contribution is 5.82. The van der Waals surface area contributed by atoms with Gasteiger partial charge >= 0.3 is 5.97 Å². The molecule has 1 aliphatic heterocycles. The van der Waals surface area contributed by atoms with Gasteiger partial charge in [-0.1, -0.05) is 17.7 Å². The largest absolute Gasteiger partial charge is 0.467 e. The van der Waals surface area contributed by atoms with Crippen molar-refractivity contribution < 1.29 is 9.53 Å². The highest BCUT2D eigenvalue weighted by Gasteiger charge is 2.34. The van der Waals surface area contributed by atoms with Crippen molar-refractivity contribution in [2.45, 2.75) is 19.4 Å². The summed E-state index contributed by atoms with van der Waals surface area (Å²) in [5.74, 6) is -0.137. The fraction of sp³-hybridized carbons (Fsp3) is 0.417. The molecule has 1 aliphatic rings. The number of nitrogens with zero attached hydrogens (tertiary/aromatic N) is 1. The highest BCUT2D eigenvalue weighted by Crippen LogP contribution is 2.27. The van der Waals surface area contributed by atoms with Gasteiger partial charge in [0.15, 0.2) is 0 Å². The molecule has 1 atom stereocenters. The molecule has 80 valence electrons. The van der Waals surface area contributed by atoms with Crippen molar-refractivity contribution in [3.05, 3.63) is 29.8 Å². The van der Waals surface area contributed by atoms with Gasteiger partial charge in [-0.15, -0.1) is 0 Å². The molecule has 1 aromatic carbocycles. The van der Waals surface area contributed by atoms with E-state index in [-0.39, 0.29) is 12.0 Å². The summed E-state index contributed by atoms with van der Waals surface area (Å²) in [7, 11) is 1.44. The Morgan fingerprint density at radius 1 is 1.40 bits per heavy atom. The van der Waals surface area contributed by atoms with E-state index in [1.54, 1.807) is 0 Å². The van der Waals surface area contributed by atoms with Crippen LogP contribution in [0.25, 0.3) is 0 Å². The topological polar surface area (TPSA) is 29.5 Å². The van der Waals surface area contributed by atoms with Gasteiger partial charge < -0.3 is 9.64 Å². The van der Waals surface area contributed by atoms with Crippen LogP contribution in [0.15, 0.2) is 24.3 Å². The van der Waals surface area contributed by atoms with Crippen LogP contribution in [-0.4, -0.2) is 25.7 Å². The predicted molar refractivity (Wildman–Crippen MR) is 58.9 cm³/mol. The lowest BCUT2D eigenvalue weighted by molar-refractivity contribution is -0.143. The van der Waals surface area contributed by atoms with E-state index in [0.29, 0.717) is 0 Å². The number of methoxy groups -OCH3 is 1. The van der Waals surface area contributed by atoms with E-state index in [0.717, 1.165) is 18.7 Å². The second kappa shape index (κ2) is 3.93. The van der Waals surface area contributed by atoms with Crippen LogP contribution < -0.4 is 4.90 Å². The summed E-state index contributed by atoms with van der Waals surface area (Å²) >= 11 is 0. The molecule has 0 aromatic heterocycles. The van der Waals surface area contributed by atoms with E-state index >= 15 is 0 Å². The Morgan fingerprint density at radius 2 is 2.07 bits per heavy atom. The van der Waals surface area contributed by atoms with Crippen LogP contribution in [0.3, 0.4) is 0 Å². The maximum absolute atomic E-state index is 11.4. The monoisotopic (exact) mass is 205 g/mol. The van der Waals surface area contributed by atoms with Gasteiger partial charge in [0.1, 0.15) is 6.04 Å². The zero-order valence-electron chi connectivity index (χ0n) is 9.06. The third kappa shape index (κ3) is 1.82. The van der Waals surface area contributed by atoms with Crippen LogP contribution in [0, 0.1) is 6.92 Å². The van der Waals surface area contributed by atoms with Gasteiger partial charge in [0.25, 0.3) is 0 Å². The quantitative estimate of drug-likeness (QED) is 0.689. The molecule has 1 fully saturated rings. The summed E-state index contributed by atoms with van der Waals surface area (Å²) < 4.78 is 4.75. The van der Waals surface area contributed by atoms with Crippen molar-refractivity contribution in [3.8, 4) is 0 Å². The number of rotatable bonds is 2. The van der Waals surface area contributed by atoms with Crippen LogP contribution in [0.5, 0.6) is 0 Å². The Kier molecular flexibility index (Phi) is 2.62. The molecule has 0 aliphatic carbocycles. The smallest absolute Gasteiger partial charge is 0.328 e. The minimum Gasteiger partial charge on any atom is -0.467 e. The van der Waals surface area contributed by atoms with Gasteiger partial charge in [-0.05, 0) is 25.5 Å². The molecule has 0 spiro atoms. The zero-order chi connectivity index (χ0) is 10.8. The lowest BCUT2D eigenvalue weighted by atomic mass is 10.0. The minimum absolute atomic E-state index is 0.0855. The summed E-state index contributed by atoms with van der Waals surface area (Å²) in [6.07, 6.45) is 0.889. The van der Waals surface area contributed by atoms with Crippen molar-refractivity contribution in [2.24, 2.45) is 0 Å². The number of hydrogen-bond acceptors (Lipinski definition) is 3. The fourth-order valence-corrected chi connectivity index (χ4v) is 1.81. The maximum Gasteiger partial charge on any atom is 0.328 e. The van der Waals surface area contributed by atoms with Crippen molar-refractivity contribution in [1.82, 2.24) is 0 Å². The van der Waals surface area contributed by atoms with Crippen molar-refractivity contribution in [2.75, 3.05) is 18.6 Å². The van der Waals surface area contributed by atoms with E-state index in [1.165, 1.54) is 12.7 Å². The summed E-state index contributed by atoms with van der Waals surface area (Å²) in [6, 6.07) is 8.12. The van der Waals surface area contributed by atoms with Crippen molar-refractivity contribution >= 4 is 11.7 Å². The molecule has 1 unspecified atom stereocenters. The first kappa shape index (κ1) is 10.0. The molecule has 1 saturated heterocycles. The van der Waals surface area contributed by atoms with Crippen LogP contribution in [0.1, 0.15) is 12.0 Å². The number of aryl methyl sites for hydroxylation is 1. The van der Waals surface area contributed by atoms with Gasteiger partial charge in [-0.2, -0.15) is 0 Å². The Bertz CT molecular complexity index is 358. The van der Waals surface area contributed by atoms with E-state index in [9.17, 15) is 4.79 Å². The third-order valence-electron chi connectivity index (χ3n) is 2.86. The number of carbonyl (C=O) groups excluding carboxylic acids is 1. The number of ether oxygens (including phenoxy) is 1. The normalized spacial score (nSPS) is 19.6.